The van der Waals surface area contributed by atoms with Crippen molar-refractivity contribution >= 4 is 11.7 Å². The summed E-state index contributed by atoms with van der Waals surface area (Å²) in [6.45, 7) is 14.3. The molecule has 0 aromatic carbocycles. The largest absolute Gasteiger partial charge is 0.308 e. The van der Waals surface area contributed by atoms with E-state index in [0.717, 1.165) is 13.0 Å². The summed E-state index contributed by atoms with van der Waals surface area (Å²) >= 11 is 0. The third kappa shape index (κ3) is 3.69. The van der Waals surface area contributed by atoms with Crippen LogP contribution in [0.3, 0.4) is 0 Å². The number of anilines is 1. The minimum absolute atomic E-state index is 0.0217. The molecule has 1 aliphatic heterocycles. The van der Waals surface area contributed by atoms with Gasteiger partial charge in [-0.3, -0.25) is 14.4 Å². The molecular formula is C17H30N4O. The molecule has 0 aliphatic carbocycles. The first-order valence-electron chi connectivity index (χ1n) is 8.06. The van der Waals surface area contributed by atoms with Crippen molar-refractivity contribution in [3.8, 4) is 0 Å². The van der Waals surface area contributed by atoms with Gasteiger partial charge in [0.15, 0.2) is 5.82 Å². The Balaban J connectivity index is 2.16. The van der Waals surface area contributed by atoms with Crippen LogP contribution in [0.1, 0.15) is 48.0 Å². The monoisotopic (exact) mass is 306 g/mol. The Kier molecular flexibility index (Phi) is 4.39. The number of hydrogen-bond donors (Lipinski definition) is 1. The van der Waals surface area contributed by atoms with E-state index < -0.39 is 0 Å². The summed E-state index contributed by atoms with van der Waals surface area (Å²) in [7, 11) is 1.85. The van der Waals surface area contributed by atoms with Gasteiger partial charge in [0.25, 0.3) is 0 Å². The zero-order valence-corrected chi connectivity index (χ0v) is 15.0. The summed E-state index contributed by atoms with van der Waals surface area (Å²) in [6, 6.07) is 1.74. The molecule has 5 nitrogen and oxygen atoms in total. The van der Waals surface area contributed by atoms with Crippen LogP contribution in [0.2, 0.25) is 0 Å². The van der Waals surface area contributed by atoms with Gasteiger partial charge < -0.3 is 5.32 Å². The van der Waals surface area contributed by atoms with E-state index >= 15 is 0 Å². The van der Waals surface area contributed by atoms with E-state index in [1.807, 2.05) is 19.3 Å². The quantitative estimate of drug-likeness (QED) is 0.914. The van der Waals surface area contributed by atoms with Crippen LogP contribution in [-0.4, -0.2) is 38.7 Å². The Morgan fingerprint density at radius 1 is 1.27 bits per heavy atom. The van der Waals surface area contributed by atoms with E-state index in [1.54, 1.807) is 4.68 Å². The number of nitrogens with zero attached hydrogens (tertiary/aromatic N) is 3. The van der Waals surface area contributed by atoms with E-state index in [2.05, 4.69) is 56.9 Å². The fourth-order valence-corrected chi connectivity index (χ4v) is 3.14. The van der Waals surface area contributed by atoms with Gasteiger partial charge in [-0.05, 0) is 38.5 Å². The lowest BCUT2D eigenvalue weighted by Gasteiger charge is -2.36. The summed E-state index contributed by atoms with van der Waals surface area (Å²) in [5.74, 6) is 1.20. The zero-order valence-electron chi connectivity index (χ0n) is 15.0. The van der Waals surface area contributed by atoms with Gasteiger partial charge >= 0.3 is 0 Å². The van der Waals surface area contributed by atoms with Gasteiger partial charge in [-0.2, -0.15) is 5.10 Å². The molecule has 22 heavy (non-hydrogen) atoms. The van der Waals surface area contributed by atoms with E-state index in [4.69, 9.17) is 0 Å². The van der Waals surface area contributed by atoms with Gasteiger partial charge in [0.05, 0.1) is 6.04 Å². The Bertz CT molecular complexity index is 536. The molecule has 1 unspecified atom stereocenters. The lowest BCUT2D eigenvalue weighted by molar-refractivity contribution is -0.122. The molecule has 1 aliphatic rings. The highest BCUT2D eigenvalue weighted by Crippen LogP contribution is 2.40. The second-order valence-electron chi connectivity index (χ2n) is 8.50. The molecule has 0 saturated carbocycles. The van der Waals surface area contributed by atoms with Crippen LogP contribution in [0.25, 0.3) is 0 Å². The molecule has 1 saturated heterocycles. The van der Waals surface area contributed by atoms with E-state index in [0.29, 0.717) is 11.7 Å². The molecule has 0 radical (unpaired) electrons. The van der Waals surface area contributed by atoms with Crippen molar-refractivity contribution in [1.29, 1.82) is 0 Å². The summed E-state index contributed by atoms with van der Waals surface area (Å²) in [5, 5.41) is 7.21. The third-order valence-corrected chi connectivity index (χ3v) is 4.66. The third-order valence-electron chi connectivity index (χ3n) is 4.66. The minimum atomic E-state index is -0.0915. The molecule has 1 aromatic heterocycles. The van der Waals surface area contributed by atoms with Crippen molar-refractivity contribution < 1.29 is 4.79 Å². The number of carbonyl (C=O) groups excluding carboxylic acids is 1. The standard InChI is InChI=1S/C17H30N4O/c1-16(2,3)12-10-13(21(11-12)17(4,5)6)15(22)18-14-8-9-20(7)19-14/h8-9,12-13H,10-11H2,1-7H3,(H,18,19,22)/t12?,13-/m0/s1. The molecule has 1 amide bonds. The number of likely N-dealkylation sites (tertiary alicyclic amines) is 1. The predicted octanol–water partition coefficient (Wildman–Crippen LogP) is 2.89. The number of aryl methyl sites for hydroxylation is 1. The summed E-state index contributed by atoms with van der Waals surface area (Å²) in [5.41, 5.74) is 0.190. The maximum atomic E-state index is 12.8. The lowest BCUT2D eigenvalue weighted by Crippen LogP contribution is -2.49. The summed E-state index contributed by atoms with van der Waals surface area (Å²) in [4.78, 5) is 15.1. The molecule has 124 valence electrons. The van der Waals surface area contributed by atoms with Crippen LogP contribution in [0.15, 0.2) is 12.3 Å². The summed E-state index contributed by atoms with van der Waals surface area (Å²) < 4.78 is 1.70. The SMILES string of the molecule is Cn1ccc(NC(=O)[C@@H]2CC(C(C)(C)C)CN2C(C)(C)C)n1. The van der Waals surface area contributed by atoms with Crippen LogP contribution >= 0.6 is 0 Å². The van der Waals surface area contributed by atoms with Crippen molar-refractivity contribution in [3.05, 3.63) is 12.3 Å². The van der Waals surface area contributed by atoms with Crippen molar-refractivity contribution in [2.45, 2.75) is 59.5 Å². The molecule has 1 N–H and O–H groups in total. The van der Waals surface area contributed by atoms with Crippen LogP contribution < -0.4 is 5.32 Å². The van der Waals surface area contributed by atoms with E-state index in [1.165, 1.54) is 0 Å². The average molecular weight is 306 g/mol. The van der Waals surface area contributed by atoms with Crippen LogP contribution in [0.4, 0.5) is 5.82 Å². The molecule has 2 atom stereocenters. The highest BCUT2D eigenvalue weighted by molar-refractivity contribution is 5.94. The number of nitrogens with one attached hydrogen (secondary N) is 1. The molecule has 2 rings (SSSR count). The van der Waals surface area contributed by atoms with Crippen molar-refractivity contribution in [2.24, 2.45) is 18.4 Å². The Labute approximate surface area is 134 Å². The van der Waals surface area contributed by atoms with Crippen LogP contribution in [-0.2, 0) is 11.8 Å². The Morgan fingerprint density at radius 3 is 2.36 bits per heavy atom. The smallest absolute Gasteiger partial charge is 0.242 e. The topological polar surface area (TPSA) is 50.2 Å². The first-order valence-corrected chi connectivity index (χ1v) is 8.06. The second kappa shape index (κ2) is 5.69. The lowest BCUT2D eigenvalue weighted by atomic mass is 9.79. The summed E-state index contributed by atoms with van der Waals surface area (Å²) in [6.07, 6.45) is 2.74. The van der Waals surface area contributed by atoms with Gasteiger partial charge in [-0.15, -0.1) is 0 Å². The van der Waals surface area contributed by atoms with Crippen molar-refractivity contribution in [2.75, 3.05) is 11.9 Å². The van der Waals surface area contributed by atoms with Gasteiger partial charge in [-0.1, -0.05) is 20.8 Å². The first kappa shape index (κ1) is 17.0. The maximum absolute atomic E-state index is 12.8. The zero-order chi connectivity index (χ0) is 16.7. The minimum Gasteiger partial charge on any atom is -0.308 e. The second-order valence-corrected chi connectivity index (χ2v) is 8.50. The van der Waals surface area contributed by atoms with Gasteiger partial charge in [0.2, 0.25) is 5.91 Å². The average Bonchev–Trinajstić information content (AvgIpc) is 2.93. The van der Waals surface area contributed by atoms with E-state index in [9.17, 15) is 4.79 Å². The van der Waals surface area contributed by atoms with Gasteiger partial charge in [-0.25, -0.2) is 0 Å². The normalized spacial score (nSPS) is 23.8. The van der Waals surface area contributed by atoms with Gasteiger partial charge in [0, 0.05) is 31.4 Å². The molecule has 2 heterocycles. The molecule has 0 spiro atoms. The van der Waals surface area contributed by atoms with Crippen LogP contribution in [0.5, 0.6) is 0 Å². The number of hydrogen-bond acceptors (Lipinski definition) is 3. The highest BCUT2D eigenvalue weighted by atomic mass is 16.2. The maximum Gasteiger partial charge on any atom is 0.242 e. The highest BCUT2D eigenvalue weighted by Gasteiger charge is 2.45. The van der Waals surface area contributed by atoms with E-state index in [-0.39, 0.29) is 22.9 Å². The van der Waals surface area contributed by atoms with Gasteiger partial charge in [0.1, 0.15) is 0 Å². The van der Waals surface area contributed by atoms with Crippen LogP contribution in [0, 0.1) is 11.3 Å². The molecule has 5 heteroatoms. The number of rotatable bonds is 2. The Hall–Kier alpha value is -1.36. The number of aromatic nitrogens is 2. The predicted molar refractivity (Wildman–Crippen MR) is 89.6 cm³/mol. The van der Waals surface area contributed by atoms with Crippen molar-refractivity contribution in [1.82, 2.24) is 14.7 Å². The Morgan fingerprint density at radius 2 is 1.91 bits per heavy atom. The molecular weight excluding hydrogens is 276 g/mol. The number of carbonyl (C=O) groups is 1. The number of amides is 1. The fourth-order valence-electron chi connectivity index (χ4n) is 3.14. The fraction of sp³-hybridized carbons (Fsp3) is 0.765. The first-order chi connectivity index (χ1) is 9.98. The molecule has 1 aromatic rings. The molecule has 1 fully saturated rings. The van der Waals surface area contributed by atoms with Crippen molar-refractivity contribution in [3.63, 3.8) is 0 Å². The molecule has 0 bridgehead atoms.